The Morgan fingerprint density at radius 2 is 1.09 bits per heavy atom. The Morgan fingerprint density at radius 3 is 1.49 bits per heavy atom. The van der Waals surface area contributed by atoms with Crippen LogP contribution in [0.15, 0.2) is 108 Å². The fourth-order valence-electron chi connectivity index (χ4n) is 8.37. The lowest BCUT2D eigenvalue weighted by atomic mass is 10.0. The summed E-state index contributed by atoms with van der Waals surface area (Å²) in [6, 6.07) is 20.2. The smallest absolute Gasteiger partial charge is 0.269 e. The highest BCUT2D eigenvalue weighted by atomic mass is 35.5. The van der Waals surface area contributed by atoms with E-state index in [1.165, 1.54) is 15.4 Å². The Morgan fingerprint density at radius 1 is 0.627 bits per heavy atom. The van der Waals surface area contributed by atoms with Gasteiger partial charge in [0.05, 0.1) is 12.1 Å². The van der Waals surface area contributed by atoms with Crippen LogP contribution in [0.1, 0.15) is 143 Å². The number of carbonyl (C=O) groups is 6. The maximum absolute atomic E-state index is 12.9. The molecule has 2 aliphatic heterocycles. The number of hydrogen-bond acceptors (Lipinski definition) is 13. The third-order valence-electron chi connectivity index (χ3n) is 12.0. The summed E-state index contributed by atoms with van der Waals surface area (Å²) >= 11 is 4.96. The number of nitrogens with one attached hydrogen (secondary N) is 3. The molecule has 0 bridgehead atoms. The molecule has 20 nitrogen and oxygen atoms in total. The molecule has 2 fully saturated rings. The van der Waals surface area contributed by atoms with Crippen LogP contribution >= 0.6 is 11.6 Å². The van der Waals surface area contributed by atoms with E-state index in [9.17, 15) is 28.8 Å². The SMILES string of the molecule is CC(C)=CC(=O)Cl.CC(C)=CC(=O)N1CCCC[C@H]1c1nc(-c2ccc(C(=O)Nc3ccc(C)cn3)cc2)c(C(N)=O)n1N.Cc1ccc(NC(=O)c2ccc(-c3nc([C@@H]4CCCCN4)n(N)c3C(N)=O)cc2)nc1. The van der Waals surface area contributed by atoms with Crippen molar-refractivity contribution in [1.29, 1.82) is 0 Å². The Balaban J connectivity index is 0.000000219. The number of amides is 5. The first kappa shape index (κ1) is 55.8. The summed E-state index contributed by atoms with van der Waals surface area (Å²) in [4.78, 5) is 91.9. The molecule has 2 aliphatic rings. The highest BCUT2D eigenvalue weighted by Gasteiger charge is 2.34. The van der Waals surface area contributed by atoms with Gasteiger partial charge in [-0.2, -0.15) is 0 Å². The van der Waals surface area contributed by atoms with Crippen molar-refractivity contribution in [3.63, 3.8) is 0 Å². The second-order valence-electron chi connectivity index (χ2n) is 18.6. The number of pyridine rings is 2. The minimum Gasteiger partial charge on any atom is -0.364 e. The summed E-state index contributed by atoms with van der Waals surface area (Å²) in [5, 5.41) is 8.49. The molecular formula is C54H63ClN14O6. The van der Waals surface area contributed by atoms with Gasteiger partial charge in [-0.15, -0.1) is 0 Å². The molecule has 2 saturated heterocycles. The summed E-state index contributed by atoms with van der Waals surface area (Å²) in [6.45, 7) is 12.7. The number of nitrogen functional groups attached to an aromatic ring is 2. The minimum atomic E-state index is -0.735. The van der Waals surface area contributed by atoms with Crippen molar-refractivity contribution >= 4 is 58.0 Å². The summed E-state index contributed by atoms with van der Waals surface area (Å²) in [5.74, 6) is 12.3. The highest BCUT2D eigenvalue weighted by molar-refractivity contribution is 6.66. The number of carbonyl (C=O) groups excluding carboxylic acids is 6. The molecule has 21 heteroatoms. The quantitative estimate of drug-likeness (QED) is 0.0363. The van der Waals surface area contributed by atoms with Crippen molar-refractivity contribution in [1.82, 2.24) is 39.5 Å². The standard InChI is InChI=1S/C27H31N7O3.C22H25N7O2.C5H7ClO/c1-16(2)14-22(35)33-13-5-4-6-20(33)26-32-23(24(25(28)36)34(26)29)18-8-10-19(11-9-18)27(37)31-21-12-7-17(3)15-30-21;1-13-5-10-17(26-12-13)27-22(31)15-8-6-14(7-9-15)18-19(20(23)30)29(24)21(28-18)16-4-2-3-11-25-16;1-4(2)3-5(6)7/h7-12,14-15,20H,4-6,13,29H2,1-3H3,(H2,28,36)(H,30,31,37);5-10,12,16,25H,2-4,11,24H2,1H3,(H2,23,30)(H,26,27,31);3H,1-2H3/t20-;16-;/m00./s1. The maximum Gasteiger partial charge on any atom is 0.269 e. The Hall–Kier alpha value is -8.49. The molecule has 5 amide bonds. The molecule has 8 rings (SSSR count). The Kier molecular flexibility index (Phi) is 18.9. The van der Waals surface area contributed by atoms with E-state index in [2.05, 4.69) is 30.9 Å². The van der Waals surface area contributed by atoms with Crippen LogP contribution in [0.3, 0.4) is 0 Å². The van der Waals surface area contributed by atoms with E-state index >= 15 is 0 Å². The van der Waals surface area contributed by atoms with Gasteiger partial charge in [-0.05, 0) is 145 Å². The number of rotatable bonds is 12. The first-order chi connectivity index (χ1) is 35.7. The van der Waals surface area contributed by atoms with Crippen LogP contribution in [-0.2, 0) is 9.59 Å². The number of anilines is 2. The number of nitrogens with two attached hydrogens (primary N) is 4. The Labute approximate surface area is 440 Å². The third kappa shape index (κ3) is 14.6. The van der Waals surface area contributed by atoms with Crippen LogP contribution in [0.2, 0.25) is 0 Å². The van der Waals surface area contributed by atoms with Gasteiger partial charge < -0.3 is 44.0 Å². The number of aromatic nitrogens is 6. The predicted octanol–water partition coefficient (Wildman–Crippen LogP) is 7.19. The van der Waals surface area contributed by atoms with Crippen LogP contribution in [0.4, 0.5) is 11.6 Å². The second-order valence-corrected chi connectivity index (χ2v) is 19.0. The van der Waals surface area contributed by atoms with Crippen molar-refractivity contribution in [3.05, 3.63) is 154 Å². The van der Waals surface area contributed by atoms with Gasteiger partial charge in [-0.3, -0.25) is 28.8 Å². The third-order valence-corrected chi connectivity index (χ3v) is 12.1. The fourth-order valence-corrected chi connectivity index (χ4v) is 8.58. The lowest BCUT2D eigenvalue weighted by Gasteiger charge is -2.34. The van der Waals surface area contributed by atoms with Gasteiger partial charge in [0.25, 0.3) is 23.6 Å². The number of imidazole rings is 2. The van der Waals surface area contributed by atoms with E-state index in [0.29, 0.717) is 69.9 Å². The van der Waals surface area contributed by atoms with Crippen LogP contribution in [0.5, 0.6) is 0 Å². The molecule has 6 heterocycles. The number of hydrogen-bond donors (Lipinski definition) is 7. The van der Waals surface area contributed by atoms with E-state index in [1.54, 1.807) is 84.0 Å². The van der Waals surface area contributed by atoms with E-state index < -0.39 is 17.1 Å². The fraction of sp³-hybridized carbons (Fsp3) is 0.296. The molecule has 392 valence electrons. The number of benzene rings is 2. The summed E-state index contributed by atoms with van der Waals surface area (Å²) in [5.41, 5.74) is 18.1. The van der Waals surface area contributed by atoms with Crippen LogP contribution in [-0.4, -0.2) is 82.1 Å². The van der Waals surface area contributed by atoms with Crippen LogP contribution in [0.25, 0.3) is 22.5 Å². The molecule has 0 saturated carbocycles. The average Bonchev–Trinajstić information content (AvgIpc) is 3.92. The van der Waals surface area contributed by atoms with Crippen molar-refractivity contribution < 1.29 is 28.8 Å². The molecule has 11 N–H and O–H groups in total. The lowest BCUT2D eigenvalue weighted by Crippen LogP contribution is -2.40. The zero-order valence-electron chi connectivity index (χ0n) is 42.8. The summed E-state index contributed by atoms with van der Waals surface area (Å²) in [7, 11) is 0. The molecule has 2 atom stereocenters. The highest BCUT2D eigenvalue weighted by Crippen LogP contribution is 2.34. The number of nitrogens with zero attached hydrogens (tertiary/aromatic N) is 7. The van der Waals surface area contributed by atoms with Gasteiger partial charge in [0.15, 0.2) is 17.2 Å². The normalized spacial score (nSPS) is 14.9. The number of piperidine rings is 2. The monoisotopic (exact) mass is 1040 g/mol. The second kappa shape index (κ2) is 25.4. The molecular weight excluding hydrogens is 976 g/mol. The van der Waals surface area contributed by atoms with E-state index in [0.717, 1.165) is 60.9 Å². The number of primary amides is 2. The molecule has 0 spiro atoms. The minimum absolute atomic E-state index is 0.0299. The van der Waals surface area contributed by atoms with Crippen molar-refractivity contribution in [2.45, 2.75) is 92.2 Å². The van der Waals surface area contributed by atoms with Gasteiger partial charge in [-0.1, -0.05) is 54.0 Å². The van der Waals surface area contributed by atoms with E-state index in [-0.39, 0.29) is 41.2 Å². The average molecular weight is 1040 g/mol. The molecule has 0 aliphatic carbocycles. The maximum atomic E-state index is 12.9. The predicted molar refractivity (Wildman–Crippen MR) is 289 cm³/mol. The number of allylic oxidation sites excluding steroid dienone is 3. The van der Waals surface area contributed by atoms with Gasteiger partial charge in [-0.25, -0.2) is 29.3 Å². The lowest BCUT2D eigenvalue weighted by molar-refractivity contribution is -0.130. The zero-order chi connectivity index (χ0) is 54.5. The summed E-state index contributed by atoms with van der Waals surface area (Å²) in [6.07, 6.45) is 11.8. The molecule has 2 aromatic carbocycles. The summed E-state index contributed by atoms with van der Waals surface area (Å²) < 4.78 is 2.48. The zero-order valence-corrected chi connectivity index (χ0v) is 43.6. The molecule has 6 aromatic rings. The van der Waals surface area contributed by atoms with E-state index in [4.69, 9.17) is 39.7 Å². The molecule has 0 unspecified atom stereocenters. The largest absolute Gasteiger partial charge is 0.364 e. The van der Waals surface area contributed by atoms with Crippen molar-refractivity contribution in [2.24, 2.45) is 11.5 Å². The van der Waals surface area contributed by atoms with Gasteiger partial charge in [0.1, 0.15) is 28.8 Å². The topological polar surface area (TPSA) is 307 Å². The first-order valence-corrected chi connectivity index (χ1v) is 24.7. The van der Waals surface area contributed by atoms with Crippen molar-refractivity contribution in [2.75, 3.05) is 35.4 Å². The molecule has 4 aromatic heterocycles. The van der Waals surface area contributed by atoms with Crippen molar-refractivity contribution in [3.8, 4) is 22.5 Å². The Bertz CT molecular complexity index is 3100. The number of halogens is 1. The van der Waals surface area contributed by atoms with E-state index in [1.807, 2.05) is 53.7 Å². The number of aryl methyl sites for hydroxylation is 2. The molecule has 0 radical (unpaired) electrons. The first-order valence-electron chi connectivity index (χ1n) is 24.3. The van der Waals surface area contributed by atoms with Gasteiger partial charge in [0.2, 0.25) is 11.1 Å². The van der Waals surface area contributed by atoms with Crippen LogP contribution < -0.4 is 39.1 Å². The number of likely N-dealkylation sites (tertiary alicyclic amines) is 1. The van der Waals surface area contributed by atoms with Gasteiger partial charge >= 0.3 is 0 Å². The van der Waals surface area contributed by atoms with Gasteiger partial charge in [0, 0.05) is 47.3 Å². The molecule has 75 heavy (non-hydrogen) atoms. The van der Waals surface area contributed by atoms with Crippen LogP contribution in [0, 0.1) is 13.8 Å².